The molecule has 12 heteroatoms. The lowest BCUT2D eigenvalue weighted by molar-refractivity contribution is -0.138. The molecule has 0 aliphatic carbocycles. The minimum absolute atomic E-state index is 0.0485. The molecule has 206 valence electrons. The lowest BCUT2D eigenvalue weighted by atomic mass is 10.1. The Morgan fingerprint density at radius 3 is 2.48 bits per heavy atom. The highest BCUT2D eigenvalue weighted by atomic mass is 35.5. The largest absolute Gasteiger partial charge is 0.454 e. The summed E-state index contributed by atoms with van der Waals surface area (Å²) in [5.74, 6) is 0.106. The van der Waals surface area contributed by atoms with Gasteiger partial charge in [-0.1, -0.05) is 47.1 Å². The van der Waals surface area contributed by atoms with E-state index in [0.29, 0.717) is 22.1 Å². The van der Waals surface area contributed by atoms with Crippen molar-refractivity contribution in [1.29, 1.82) is 0 Å². The molecule has 0 radical (unpaired) electrons. The predicted molar refractivity (Wildman–Crippen MR) is 137 cm³/mol. The number of nitrogens with zero attached hydrogens (tertiary/aromatic N) is 2. The Balaban J connectivity index is 1.31. The van der Waals surface area contributed by atoms with E-state index in [1.54, 1.807) is 42.5 Å². The molecule has 40 heavy (non-hydrogen) atoms. The van der Waals surface area contributed by atoms with Gasteiger partial charge in [-0.3, -0.25) is 9.59 Å². The topological polar surface area (TPSA) is 93.9 Å². The number of hydrogen-bond acceptors (Lipinski definition) is 6. The average Bonchev–Trinajstić information content (AvgIpc) is 3.61. The molecule has 8 nitrogen and oxygen atoms in total. The van der Waals surface area contributed by atoms with Crippen molar-refractivity contribution in [3.63, 3.8) is 0 Å². The Labute approximate surface area is 231 Å². The number of nitrogens with one attached hydrogen (secondary N) is 1. The Morgan fingerprint density at radius 2 is 1.70 bits per heavy atom. The molecule has 0 atom stereocenters. The summed E-state index contributed by atoms with van der Waals surface area (Å²) in [4.78, 5) is 27.6. The normalized spacial score (nSPS) is 12.3. The van der Waals surface area contributed by atoms with Gasteiger partial charge in [0.15, 0.2) is 23.0 Å². The van der Waals surface area contributed by atoms with Gasteiger partial charge in [-0.05, 0) is 47.5 Å². The number of carbonyl (C=O) groups excluding carboxylic acids is 2. The van der Waals surface area contributed by atoms with E-state index in [0.717, 1.165) is 11.6 Å². The summed E-state index contributed by atoms with van der Waals surface area (Å²) in [6, 6.07) is 18.1. The van der Waals surface area contributed by atoms with Crippen LogP contribution in [0.25, 0.3) is 0 Å². The zero-order valence-electron chi connectivity index (χ0n) is 20.7. The molecule has 0 saturated heterocycles. The van der Waals surface area contributed by atoms with Crippen molar-refractivity contribution in [2.45, 2.75) is 25.8 Å². The van der Waals surface area contributed by atoms with E-state index in [9.17, 15) is 22.8 Å². The maximum atomic E-state index is 13.5. The van der Waals surface area contributed by atoms with Crippen LogP contribution in [0.3, 0.4) is 0 Å². The summed E-state index contributed by atoms with van der Waals surface area (Å²) in [6.45, 7) is -0.165. The first-order valence-electron chi connectivity index (χ1n) is 12.0. The monoisotopic (exact) mass is 571 g/mol. The number of hydrogen-bond donors (Lipinski definition) is 1. The summed E-state index contributed by atoms with van der Waals surface area (Å²) in [5.41, 5.74) is 0.0753. The van der Waals surface area contributed by atoms with Crippen molar-refractivity contribution in [2.75, 3.05) is 6.79 Å². The number of halogens is 4. The van der Waals surface area contributed by atoms with Crippen LogP contribution in [-0.4, -0.2) is 28.7 Å². The first kappa shape index (κ1) is 27.1. The molecule has 2 heterocycles. The van der Waals surface area contributed by atoms with Gasteiger partial charge in [0.2, 0.25) is 6.79 Å². The molecule has 0 bridgehead atoms. The van der Waals surface area contributed by atoms with Crippen molar-refractivity contribution < 1.29 is 36.8 Å². The van der Waals surface area contributed by atoms with Crippen molar-refractivity contribution in [3.05, 3.63) is 112 Å². The van der Waals surface area contributed by atoms with Crippen LogP contribution in [-0.2, 0) is 25.8 Å². The molecular formula is C28H21ClF3N3O5. The third-order valence-electron chi connectivity index (χ3n) is 6.09. The minimum Gasteiger partial charge on any atom is -0.454 e. The van der Waals surface area contributed by atoms with E-state index < -0.39 is 17.6 Å². The van der Waals surface area contributed by atoms with Crippen LogP contribution in [0.15, 0.2) is 77.3 Å². The van der Waals surface area contributed by atoms with Crippen molar-refractivity contribution in [2.24, 2.45) is 0 Å². The SMILES string of the molecule is O=C(NCc1ccccc1C(F)(F)F)c1cc(CN(Cc2ccc(Cl)cc2)C(=O)c2ccc3c(c2)OCO3)on1. The number of benzene rings is 3. The number of aromatic nitrogens is 1. The number of rotatable bonds is 8. The van der Waals surface area contributed by atoms with Crippen molar-refractivity contribution >= 4 is 23.4 Å². The third-order valence-corrected chi connectivity index (χ3v) is 6.35. The van der Waals surface area contributed by atoms with Crippen molar-refractivity contribution in [1.82, 2.24) is 15.4 Å². The highest BCUT2D eigenvalue weighted by Gasteiger charge is 2.33. The zero-order valence-corrected chi connectivity index (χ0v) is 21.5. The van der Waals surface area contributed by atoms with Crippen LogP contribution in [0.4, 0.5) is 13.2 Å². The lowest BCUT2D eigenvalue weighted by Crippen LogP contribution is -2.30. The molecule has 0 saturated carbocycles. The van der Waals surface area contributed by atoms with Gasteiger partial charge in [0.25, 0.3) is 11.8 Å². The second-order valence-corrected chi connectivity index (χ2v) is 9.31. The summed E-state index contributed by atoms with van der Waals surface area (Å²) < 4.78 is 55.8. The number of ether oxygens (including phenoxy) is 2. The first-order chi connectivity index (χ1) is 19.2. The molecule has 1 aliphatic rings. The molecule has 2 amide bonds. The Bertz CT molecular complexity index is 1540. The zero-order chi connectivity index (χ0) is 28.3. The number of carbonyl (C=O) groups is 2. The fraction of sp³-hybridized carbons (Fsp3) is 0.179. The van der Waals surface area contributed by atoms with Crippen LogP contribution < -0.4 is 14.8 Å². The van der Waals surface area contributed by atoms with Gasteiger partial charge < -0.3 is 24.2 Å². The van der Waals surface area contributed by atoms with Crippen LogP contribution in [0, 0.1) is 0 Å². The van der Waals surface area contributed by atoms with E-state index in [1.165, 1.54) is 29.2 Å². The maximum Gasteiger partial charge on any atom is 0.416 e. The average molecular weight is 572 g/mol. The van der Waals surface area contributed by atoms with Gasteiger partial charge in [-0.2, -0.15) is 13.2 Å². The van der Waals surface area contributed by atoms with Crippen LogP contribution in [0.5, 0.6) is 11.5 Å². The molecule has 0 fully saturated rings. The standard InChI is InChI=1S/C28H21ClF3N3O5/c29-20-8-5-17(6-9-20)14-35(27(37)18-7-10-24-25(11-18)39-16-38-24)15-21-12-23(34-40-21)26(36)33-13-19-3-1-2-4-22(19)28(30,31)32/h1-12H,13-16H2,(H,33,36). The first-order valence-corrected chi connectivity index (χ1v) is 12.4. The van der Waals surface area contributed by atoms with Gasteiger partial charge in [-0.15, -0.1) is 0 Å². The molecule has 1 aliphatic heterocycles. The summed E-state index contributed by atoms with van der Waals surface area (Å²) in [6.07, 6.45) is -4.56. The Kier molecular flexibility index (Phi) is 7.65. The van der Waals surface area contributed by atoms with E-state index in [2.05, 4.69) is 10.5 Å². The highest BCUT2D eigenvalue weighted by molar-refractivity contribution is 6.30. The quantitative estimate of drug-likeness (QED) is 0.285. The molecule has 0 spiro atoms. The van der Waals surface area contributed by atoms with Crippen LogP contribution >= 0.6 is 11.6 Å². The fourth-order valence-electron chi connectivity index (χ4n) is 4.12. The molecule has 5 rings (SSSR count). The van der Waals surface area contributed by atoms with E-state index in [1.807, 2.05) is 0 Å². The number of alkyl halides is 3. The highest BCUT2D eigenvalue weighted by Crippen LogP contribution is 2.33. The van der Waals surface area contributed by atoms with Gasteiger partial charge in [0, 0.05) is 29.7 Å². The smallest absolute Gasteiger partial charge is 0.416 e. The van der Waals surface area contributed by atoms with E-state index in [4.69, 9.17) is 25.6 Å². The maximum absolute atomic E-state index is 13.5. The second-order valence-electron chi connectivity index (χ2n) is 8.87. The van der Waals surface area contributed by atoms with E-state index >= 15 is 0 Å². The lowest BCUT2D eigenvalue weighted by Gasteiger charge is -2.22. The fourth-order valence-corrected chi connectivity index (χ4v) is 4.25. The molecule has 1 aromatic heterocycles. The van der Waals surface area contributed by atoms with Gasteiger partial charge in [0.1, 0.15) is 0 Å². The van der Waals surface area contributed by atoms with Gasteiger partial charge in [0.05, 0.1) is 12.1 Å². The second kappa shape index (κ2) is 11.3. The Hall–Kier alpha value is -4.51. The van der Waals surface area contributed by atoms with E-state index in [-0.39, 0.29) is 49.4 Å². The van der Waals surface area contributed by atoms with Crippen molar-refractivity contribution in [3.8, 4) is 11.5 Å². The Morgan fingerprint density at radius 1 is 0.950 bits per heavy atom. The van der Waals surface area contributed by atoms with Crippen LogP contribution in [0.1, 0.15) is 43.3 Å². The number of fused-ring (bicyclic) bond motifs is 1. The number of amides is 2. The molecule has 4 aromatic rings. The van der Waals surface area contributed by atoms with Gasteiger partial charge >= 0.3 is 6.18 Å². The predicted octanol–water partition coefficient (Wildman–Crippen LogP) is 5.85. The summed E-state index contributed by atoms with van der Waals surface area (Å²) >= 11 is 6.00. The summed E-state index contributed by atoms with van der Waals surface area (Å²) in [5, 5.41) is 6.72. The van der Waals surface area contributed by atoms with Crippen LogP contribution in [0.2, 0.25) is 5.02 Å². The van der Waals surface area contributed by atoms with Gasteiger partial charge in [-0.25, -0.2) is 0 Å². The molecule has 1 N–H and O–H groups in total. The molecule has 0 unspecified atom stereocenters. The third kappa shape index (κ3) is 6.20. The molecular weight excluding hydrogens is 551 g/mol. The molecule has 3 aromatic carbocycles. The minimum atomic E-state index is -4.56. The summed E-state index contributed by atoms with van der Waals surface area (Å²) in [7, 11) is 0.